The molecule has 5 aromatic rings. The van der Waals surface area contributed by atoms with Crippen LogP contribution in [0.4, 0.5) is 15.2 Å². The van der Waals surface area contributed by atoms with Crippen LogP contribution in [0.25, 0.3) is 11.0 Å². The first kappa shape index (κ1) is 26.7. The first-order chi connectivity index (χ1) is 19.8. The van der Waals surface area contributed by atoms with Gasteiger partial charge in [-0.1, -0.05) is 71.6 Å². The molecule has 1 amide bonds. The van der Waals surface area contributed by atoms with Gasteiger partial charge in [-0.3, -0.25) is 14.5 Å². The van der Waals surface area contributed by atoms with Crippen LogP contribution in [0.1, 0.15) is 27.7 Å². The molecule has 3 heterocycles. The number of aliphatic hydroxyl groups is 1. The molecule has 0 unspecified atom stereocenters. The van der Waals surface area contributed by atoms with Gasteiger partial charge >= 0.3 is 0 Å². The molecule has 0 fully saturated rings. The second-order valence-corrected chi connectivity index (χ2v) is 11.7. The first-order valence-electron chi connectivity index (χ1n) is 12.6. The molecule has 3 aromatic carbocycles. The van der Waals surface area contributed by atoms with Crippen molar-refractivity contribution in [3.8, 4) is 0 Å². The molecule has 11 heteroatoms. The van der Waals surface area contributed by atoms with Crippen molar-refractivity contribution in [1.82, 2.24) is 10.2 Å². The highest BCUT2D eigenvalue weighted by Gasteiger charge is 2.46. The van der Waals surface area contributed by atoms with Crippen LogP contribution in [0.5, 0.6) is 0 Å². The predicted molar refractivity (Wildman–Crippen MR) is 157 cm³/mol. The maximum Gasteiger partial charge on any atom is 0.296 e. The summed E-state index contributed by atoms with van der Waals surface area (Å²) in [5.41, 5.74) is 2.45. The Hall–Kier alpha value is -4.48. The third-order valence-electron chi connectivity index (χ3n) is 6.74. The standard InChI is InChI=1S/C30H23FN4O4S2/c1-34(2)20-13-11-17(12-14-20)25-24(26(36)23-15-18-7-4-6-10-22(18)39-23)27(37)28(38)35(25)29-32-33-30(41-29)40-16-19-8-3-5-9-21(19)31/h3-15,25,37H,16H2,1-2H3/t25-/m1/s1. The number of nitrogens with zero attached hydrogens (tertiary/aromatic N) is 4. The van der Waals surface area contributed by atoms with E-state index < -0.39 is 23.5 Å². The van der Waals surface area contributed by atoms with Gasteiger partial charge in [0, 0.05) is 30.9 Å². The first-order valence-corrected chi connectivity index (χ1v) is 14.4. The summed E-state index contributed by atoms with van der Waals surface area (Å²) in [6.07, 6.45) is 0. The van der Waals surface area contributed by atoms with Gasteiger partial charge in [-0.05, 0) is 41.5 Å². The van der Waals surface area contributed by atoms with Crippen LogP contribution in [0.2, 0.25) is 0 Å². The maximum atomic E-state index is 14.1. The van der Waals surface area contributed by atoms with Crippen LogP contribution >= 0.6 is 23.1 Å². The molecule has 1 atom stereocenters. The minimum Gasteiger partial charge on any atom is -0.503 e. The number of ketones is 1. The Morgan fingerprint density at radius 3 is 2.54 bits per heavy atom. The fourth-order valence-electron chi connectivity index (χ4n) is 4.64. The number of furan rings is 1. The third-order valence-corrected chi connectivity index (χ3v) is 8.84. The van der Waals surface area contributed by atoms with Gasteiger partial charge in [-0.15, -0.1) is 10.2 Å². The monoisotopic (exact) mass is 586 g/mol. The number of thioether (sulfide) groups is 1. The van der Waals surface area contributed by atoms with E-state index in [1.807, 2.05) is 43.3 Å². The Bertz CT molecular complexity index is 1780. The molecule has 0 bridgehead atoms. The third kappa shape index (κ3) is 4.98. The fourth-order valence-corrected chi connectivity index (χ4v) is 6.50. The Balaban J connectivity index is 1.37. The van der Waals surface area contributed by atoms with Crippen LogP contribution in [0, 0.1) is 5.82 Å². The lowest BCUT2D eigenvalue weighted by Gasteiger charge is -2.24. The highest BCUT2D eigenvalue weighted by molar-refractivity contribution is 8.00. The largest absolute Gasteiger partial charge is 0.503 e. The van der Waals surface area contributed by atoms with Crippen LogP contribution in [0.3, 0.4) is 0 Å². The number of carbonyl (C=O) groups is 2. The number of rotatable bonds is 8. The SMILES string of the molecule is CN(C)c1ccc([C@@H]2C(C(=O)c3cc4ccccc4o3)=C(O)C(=O)N2c2nnc(SCc3ccccc3F)s2)cc1. The molecule has 8 nitrogen and oxygen atoms in total. The number of carbonyl (C=O) groups excluding carboxylic acids is 2. The molecule has 6 rings (SSSR count). The summed E-state index contributed by atoms with van der Waals surface area (Å²) in [5.74, 6) is -2.03. The molecule has 2 aromatic heterocycles. The molecule has 0 saturated carbocycles. The lowest BCUT2D eigenvalue weighted by Crippen LogP contribution is -2.31. The van der Waals surface area contributed by atoms with E-state index in [9.17, 15) is 19.1 Å². The molecule has 1 aliphatic rings. The van der Waals surface area contributed by atoms with Crippen LogP contribution in [-0.2, 0) is 10.5 Å². The van der Waals surface area contributed by atoms with E-state index in [4.69, 9.17) is 4.42 Å². The van der Waals surface area contributed by atoms with Crippen molar-refractivity contribution in [3.05, 3.63) is 113 Å². The molecule has 0 radical (unpaired) electrons. The zero-order valence-electron chi connectivity index (χ0n) is 21.9. The predicted octanol–water partition coefficient (Wildman–Crippen LogP) is 6.56. The molecule has 0 spiro atoms. The lowest BCUT2D eigenvalue weighted by atomic mass is 9.95. The summed E-state index contributed by atoms with van der Waals surface area (Å²) in [7, 11) is 3.81. The summed E-state index contributed by atoms with van der Waals surface area (Å²) in [6.45, 7) is 0. The topological polar surface area (TPSA) is 99.8 Å². The zero-order valence-corrected chi connectivity index (χ0v) is 23.6. The van der Waals surface area contributed by atoms with Crippen molar-refractivity contribution in [2.75, 3.05) is 23.9 Å². The number of amides is 1. The number of halogens is 1. The van der Waals surface area contributed by atoms with Gasteiger partial charge in [-0.25, -0.2) is 4.39 Å². The number of hydrogen-bond donors (Lipinski definition) is 1. The average molecular weight is 587 g/mol. The van der Waals surface area contributed by atoms with Crippen molar-refractivity contribution in [3.63, 3.8) is 0 Å². The van der Waals surface area contributed by atoms with E-state index in [1.54, 1.807) is 48.5 Å². The number of para-hydroxylation sites is 1. The fraction of sp³-hybridized carbons (Fsp3) is 0.133. The Morgan fingerprint density at radius 2 is 1.80 bits per heavy atom. The lowest BCUT2D eigenvalue weighted by molar-refractivity contribution is -0.117. The summed E-state index contributed by atoms with van der Waals surface area (Å²) in [5, 5.41) is 20.4. The van der Waals surface area contributed by atoms with Gasteiger partial charge < -0.3 is 14.4 Å². The highest BCUT2D eigenvalue weighted by Crippen LogP contribution is 2.44. The number of anilines is 2. The van der Waals surface area contributed by atoms with Crippen molar-refractivity contribution >= 4 is 56.6 Å². The van der Waals surface area contributed by atoms with Gasteiger partial charge in [0.25, 0.3) is 5.91 Å². The van der Waals surface area contributed by atoms with E-state index in [0.717, 1.165) is 22.4 Å². The molecule has 0 aliphatic carbocycles. The summed E-state index contributed by atoms with van der Waals surface area (Å²) >= 11 is 2.40. The summed E-state index contributed by atoms with van der Waals surface area (Å²) in [6, 6.07) is 21.6. The van der Waals surface area contributed by atoms with Gasteiger partial charge in [0.2, 0.25) is 10.9 Å². The normalized spacial score (nSPS) is 15.2. The number of aromatic nitrogens is 2. The summed E-state index contributed by atoms with van der Waals surface area (Å²) < 4.78 is 20.4. The van der Waals surface area contributed by atoms with E-state index in [0.29, 0.717) is 26.8 Å². The van der Waals surface area contributed by atoms with Crippen LogP contribution in [-0.4, -0.2) is 41.1 Å². The Labute approximate surface area is 242 Å². The smallest absolute Gasteiger partial charge is 0.296 e. The second-order valence-electron chi connectivity index (χ2n) is 9.53. The molecule has 1 N–H and O–H groups in total. The van der Waals surface area contributed by atoms with Gasteiger partial charge in [-0.2, -0.15) is 0 Å². The van der Waals surface area contributed by atoms with E-state index in [-0.39, 0.29) is 22.3 Å². The molecule has 0 saturated heterocycles. The summed E-state index contributed by atoms with van der Waals surface area (Å²) in [4.78, 5) is 30.6. The Morgan fingerprint density at radius 1 is 1.07 bits per heavy atom. The zero-order chi connectivity index (χ0) is 28.7. The maximum absolute atomic E-state index is 14.1. The van der Waals surface area contributed by atoms with Crippen LogP contribution in [0.15, 0.2) is 99.0 Å². The van der Waals surface area contributed by atoms with E-state index >= 15 is 0 Å². The van der Waals surface area contributed by atoms with Crippen molar-refractivity contribution in [1.29, 1.82) is 0 Å². The molecule has 1 aliphatic heterocycles. The Kier molecular flexibility index (Phi) is 7.06. The minimum atomic E-state index is -0.975. The van der Waals surface area contributed by atoms with Gasteiger partial charge in [0.05, 0.1) is 11.6 Å². The quantitative estimate of drug-likeness (QED) is 0.124. The molecule has 41 heavy (non-hydrogen) atoms. The van der Waals surface area contributed by atoms with Crippen molar-refractivity contribution in [2.24, 2.45) is 0 Å². The second kappa shape index (κ2) is 10.8. The van der Waals surface area contributed by atoms with Crippen molar-refractivity contribution < 1.29 is 23.5 Å². The number of aliphatic hydroxyl groups excluding tert-OH is 1. The number of Topliss-reactive ketones (excluding diaryl/α,β-unsaturated/α-hetero) is 1. The van der Waals surface area contributed by atoms with Gasteiger partial charge in [0.1, 0.15) is 11.4 Å². The van der Waals surface area contributed by atoms with E-state index in [2.05, 4.69) is 10.2 Å². The van der Waals surface area contributed by atoms with Gasteiger partial charge in [0.15, 0.2) is 15.9 Å². The average Bonchev–Trinajstić information content (AvgIpc) is 3.69. The molecule has 206 valence electrons. The molecular weight excluding hydrogens is 563 g/mol. The van der Waals surface area contributed by atoms with Crippen molar-refractivity contribution in [2.45, 2.75) is 16.1 Å². The molecular formula is C30H23FN4O4S2. The van der Waals surface area contributed by atoms with E-state index in [1.165, 1.54) is 22.7 Å². The number of benzene rings is 3. The van der Waals surface area contributed by atoms with Crippen LogP contribution < -0.4 is 9.80 Å². The highest BCUT2D eigenvalue weighted by atomic mass is 32.2. The minimum absolute atomic E-state index is 0.00991. The number of hydrogen-bond acceptors (Lipinski definition) is 9. The number of fused-ring (bicyclic) bond motifs is 1.